The van der Waals surface area contributed by atoms with E-state index in [1.54, 1.807) is 0 Å². The van der Waals surface area contributed by atoms with Gasteiger partial charge in [0.1, 0.15) is 0 Å². The van der Waals surface area contributed by atoms with Crippen LogP contribution >= 0.6 is 0 Å². The lowest BCUT2D eigenvalue weighted by Crippen LogP contribution is -2.61. The summed E-state index contributed by atoms with van der Waals surface area (Å²) in [5.41, 5.74) is 32.4. The molecule has 0 saturated carbocycles. The number of hydrogen-bond donors (Lipinski definition) is 0. The number of hydrogen-bond acceptors (Lipinski definition) is 0. The van der Waals surface area contributed by atoms with Crippen LogP contribution in [0.1, 0.15) is 179 Å². The highest BCUT2D eigenvalue weighted by Gasteiger charge is 2.55. The van der Waals surface area contributed by atoms with Gasteiger partial charge in [0.25, 0.3) is 6.71 Å². The second-order valence-corrected chi connectivity index (χ2v) is 30.0. The second kappa shape index (κ2) is 14.9. The minimum Gasteiger partial charge on any atom is -0.310 e. The summed E-state index contributed by atoms with van der Waals surface area (Å²) >= 11 is 0. The van der Waals surface area contributed by atoms with Crippen LogP contribution in [0.3, 0.4) is 0 Å². The molecule has 0 atom stereocenters. The standard InChI is InChI=1S/C75H75BN2/c1-69(2,3)44-29-25-42(26-30-44)60-61-62-55(73(13,14)35-36-74(62,15)16)41-58-68(61)77(64(60)43-27-31-45(32-28-43)70(4,5)6)59-34-33-54-67-63(59)76(58)57-40-47(72(10,11)12)38-51-50-37-46(71(7,8)9)39-56(65(50)78(67)66(51)57)75(54)52-23-19-17-21-48(52)49-22-18-20-24-53(49)75/h17-34,37-41H,35-36H2,1-16H3. The zero-order valence-electron chi connectivity index (χ0n) is 49.2. The van der Waals surface area contributed by atoms with Gasteiger partial charge in [0.2, 0.25) is 0 Å². The summed E-state index contributed by atoms with van der Waals surface area (Å²) in [7, 11) is 0. The summed E-state index contributed by atoms with van der Waals surface area (Å²) in [6, 6.07) is 56.8. The highest BCUT2D eigenvalue weighted by Crippen LogP contribution is 2.63. The first-order valence-electron chi connectivity index (χ1n) is 29.3. The molecule has 10 aromatic rings. The first kappa shape index (κ1) is 48.3. The third kappa shape index (κ3) is 6.01. The SMILES string of the molecule is CC(C)(C)c1ccc(-c2c(-c3ccc(C(C)(C)C)cc3)n3c4c(cc5c(c24)C(C)(C)CCC5(C)C)B2c4c-3ccc3c4-n4c5c2cc(C(C)(C)C)cc5c2cc(C(C)(C)C)cc(c24)C32c3ccccc3-c3ccccc32)cc1. The van der Waals surface area contributed by atoms with E-state index >= 15 is 0 Å². The van der Waals surface area contributed by atoms with Crippen molar-refractivity contribution in [2.24, 2.45) is 0 Å². The Hall–Kier alpha value is -6.84. The van der Waals surface area contributed by atoms with Gasteiger partial charge in [0.05, 0.1) is 16.6 Å². The molecule has 15 rings (SSSR count). The predicted molar refractivity (Wildman–Crippen MR) is 334 cm³/mol. The van der Waals surface area contributed by atoms with Gasteiger partial charge in [0.15, 0.2) is 0 Å². The Kier molecular flexibility index (Phi) is 9.22. The Morgan fingerprint density at radius 1 is 0.423 bits per heavy atom. The van der Waals surface area contributed by atoms with Crippen LogP contribution in [-0.2, 0) is 37.9 Å². The van der Waals surface area contributed by atoms with E-state index in [4.69, 9.17) is 0 Å². The summed E-state index contributed by atoms with van der Waals surface area (Å²) in [6.45, 7) is 38.7. The quantitative estimate of drug-likeness (QED) is 0.153. The Labute approximate surface area is 464 Å². The Balaban J connectivity index is 1.21. The minimum absolute atomic E-state index is 0.0180. The molecule has 0 bridgehead atoms. The maximum absolute atomic E-state index is 2.81. The van der Waals surface area contributed by atoms with Crippen LogP contribution in [0.2, 0.25) is 0 Å². The van der Waals surface area contributed by atoms with Gasteiger partial charge < -0.3 is 9.13 Å². The maximum Gasteiger partial charge on any atom is 0.252 e. The first-order valence-corrected chi connectivity index (χ1v) is 29.3. The zero-order chi connectivity index (χ0) is 54.5. The molecule has 0 radical (unpaired) electrons. The number of fused-ring (bicyclic) bond motifs is 13. The van der Waals surface area contributed by atoms with Crippen LogP contribution in [0.15, 0.2) is 140 Å². The highest BCUT2D eigenvalue weighted by atomic mass is 15.1. The average molecular weight is 1020 g/mol. The molecular formula is C75H75BN2. The number of benzene rings is 8. The van der Waals surface area contributed by atoms with Gasteiger partial charge in [0, 0.05) is 44.1 Å². The van der Waals surface area contributed by atoms with Crippen LogP contribution in [0.25, 0.3) is 77.6 Å². The molecule has 5 aliphatic rings. The molecule has 3 heteroatoms. The van der Waals surface area contributed by atoms with Crippen molar-refractivity contribution in [2.75, 3.05) is 0 Å². The van der Waals surface area contributed by atoms with Crippen molar-refractivity contribution in [1.29, 1.82) is 0 Å². The fourth-order valence-electron chi connectivity index (χ4n) is 15.9. The van der Waals surface area contributed by atoms with Gasteiger partial charge in [-0.05, 0) is 158 Å². The molecule has 2 nitrogen and oxygen atoms in total. The molecule has 8 aromatic carbocycles. The van der Waals surface area contributed by atoms with E-state index in [-0.39, 0.29) is 39.2 Å². The first-order chi connectivity index (χ1) is 36.7. The summed E-state index contributed by atoms with van der Waals surface area (Å²) in [4.78, 5) is 0. The summed E-state index contributed by atoms with van der Waals surface area (Å²) in [6.07, 6.45) is 2.28. The lowest BCUT2D eigenvalue weighted by Gasteiger charge is -2.46. The topological polar surface area (TPSA) is 9.86 Å². The Morgan fingerprint density at radius 3 is 1.51 bits per heavy atom. The molecule has 78 heavy (non-hydrogen) atoms. The number of aromatic nitrogens is 2. The normalized spacial score (nSPS) is 16.9. The van der Waals surface area contributed by atoms with Gasteiger partial charge in [-0.15, -0.1) is 0 Å². The molecule has 2 aromatic heterocycles. The smallest absolute Gasteiger partial charge is 0.252 e. The number of nitrogens with zero attached hydrogens (tertiary/aromatic N) is 2. The molecule has 2 aliphatic carbocycles. The number of rotatable bonds is 2. The molecule has 0 fully saturated rings. The molecule has 5 heterocycles. The lowest BCUT2D eigenvalue weighted by atomic mass is 9.33. The van der Waals surface area contributed by atoms with Crippen molar-refractivity contribution in [3.63, 3.8) is 0 Å². The molecule has 1 spiro atoms. The van der Waals surface area contributed by atoms with Gasteiger partial charge in [-0.1, -0.05) is 232 Å². The summed E-state index contributed by atoms with van der Waals surface area (Å²) in [5, 5.41) is 4.21. The maximum atomic E-state index is 2.81. The Bertz CT molecular complexity index is 4280. The molecule has 3 aliphatic heterocycles. The summed E-state index contributed by atoms with van der Waals surface area (Å²) in [5.74, 6) is 0. The predicted octanol–water partition coefficient (Wildman–Crippen LogP) is 17.4. The average Bonchev–Trinajstić information content (AvgIpc) is 1.87. The van der Waals surface area contributed by atoms with E-state index in [0.717, 1.165) is 12.8 Å². The van der Waals surface area contributed by atoms with E-state index in [9.17, 15) is 0 Å². The van der Waals surface area contributed by atoms with Crippen molar-refractivity contribution in [3.05, 3.63) is 195 Å². The third-order valence-corrected chi connectivity index (χ3v) is 20.2. The molecule has 0 N–H and O–H groups in total. The zero-order valence-corrected chi connectivity index (χ0v) is 49.2. The molecule has 0 unspecified atom stereocenters. The largest absolute Gasteiger partial charge is 0.310 e. The molecule has 0 amide bonds. The van der Waals surface area contributed by atoms with E-state index in [1.807, 2.05) is 0 Å². The van der Waals surface area contributed by atoms with Crippen molar-refractivity contribution >= 4 is 55.8 Å². The van der Waals surface area contributed by atoms with Crippen LogP contribution in [0.4, 0.5) is 0 Å². The van der Waals surface area contributed by atoms with E-state index in [2.05, 4.69) is 259 Å². The van der Waals surface area contributed by atoms with Crippen molar-refractivity contribution in [1.82, 2.24) is 9.13 Å². The highest BCUT2D eigenvalue weighted by molar-refractivity contribution is 7.00. The van der Waals surface area contributed by atoms with Crippen molar-refractivity contribution in [2.45, 2.75) is 162 Å². The van der Waals surface area contributed by atoms with Gasteiger partial charge in [-0.2, -0.15) is 0 Å². The second-order valence-electron chi connectivity index (χ2n) is 30.0. The van der Waals surface area contributed by atoms with E-state index < -0.39 is 5.41 Å². The molecular weight excluding hydrogens is 940 g/mol. The fourth-order valence-corrected chi connectivity index (χ4v) is 15.9. The van der Waals surface area contributed by atoms with Gasteiger partial charge in [-0.3, -0.25) is 0 Å². The summed E-state index contributed by atoms with van der Waals surface area (Å²) < 4.78 is 5.63. The Morgan fingerprint density at radius 2 is 0.936 bits per heavy atom. The van der Waals surface area contributed by atoms with Crippen LogP contribution in [0.5, 0.6) is 0 Å². The van der Waals surface area contributed by atoms with Gasteiger partial charge >= 0.3 is 0 Å². The van der Waals surface area contributed by atoms with Crippen LogP contribution < -0.4 is 16.4 Å². The minimum atomic E-state index is -0.559. The molecule has 0 saturated heterocycles. The van der Waals surface area contributed by atoms with Gasteiger partial charge in [-0.25, -0.2) is 0 Å². The monoisotopic (exact) mass is 1010 g/mol. The molecule has 388 valence electrons. The van der Waals surface area contributed by atoms with E-state index in [1.165, 1.54) is 150 Å². The van der Waals surface area contributed by atoms with Crippen LogP contribution in [-0.4, -0.2) is 15.8 Å². The third-order valence-electron chi connectivity index (χ3n) is 20.2. The fraction of sp³-hybridized carbons (Fsp3) is 0.333. The lowest BCUT2D eigenvalue weighted by molar-refractivity contribution is 0.335. The van der Waals surface area contributed by atoms with Crippen molar-refractivity contribution in [3.8, 4) is 44.9 Å². The van der Waals surface area contributed by atoms with Crippen LogP contribution in [0, 0.1) is 0 Å². The van der Waals surface area contributed by atoms with Crippen molar-refractivity contribution < 1.29 is 0 Å². The van der Waals surface area contributed by atoms with E-state index in [0.29, 0.717) is 0 Å².